The van der Waals surface area contributed by atoms with Crippen LogP contribution in [0.5, 0.6) is 0 Å². The maximum atomic E-state index is 11.9. The molecule has 4 nitrogen and oxygen atoms in total. The first-order chi connectivity index (χ1) is 10.2. The number of aliphatic hydroxyl groups excluding tert-OH is 1. The summed E-state index contributed by atoms with van der Waals surface area (Å²) in [6.07, 6.45) is -0.532. The summed E-state index contributed by atoms with van der Waals surface area (Å²) in [5, 5.41) is 14.1. The van der Waals surface area contributed by atoms with E-state index in [1.54, 1.807) is 24.3 Å². The van der Waals surface area contributed by atoms with Gasteiger partial charge >= 0.3 is 0 Å². The topological polar surface area (TPSA) is 61.7 Å². The van der Waals surface area contributed by atoms with E-state index in [1.165, 1.54) is 0 Å². The van der Waals surface area contributed by atoms with Gasteiger partial charge in [-0.1, -0.05) is 67.6 Å². The fourth-order valence-corrected chi connectivity index (χ4v) is 1.95. The van der Waals surface area contributed by atoms with Crippen molar-refractivity contribution in [3.8, 4) is 0 Å². The molecule has 0 aliphatic rings. The Hall–Kier alpha value is -2.46. The quantitative estimate of drug-likeness (QED) is 0.654. The first-order valence-corrected chi connectivity index (χ1v) is 6.87. The smallest absolute Gasteiger partial charge is 0.273 e. The van der Waals surface area contributed by atoms with Gasteiger partial charge in [-0.2, -0.15) is 5.10 Å². The molecule has 0 spiro atoms. The van der Waals surface area contributed by atoms with E-state index in [9.17, 15) is 9.90 Å². The SMILES string of the molecule is CC/C(=N\NC(=O)C(O)c1ccccc1)c1ccccc1. The lowest BCUT2D eigenvalue weighted by molar-refractivity contribution is -0.129. The Morgan fingerprint density at radius 3 is 2.24 bits per heavy atom. The van der Waals surface area contributed by atoms with E-state index >= 15 is 0 Å². The highest BCUT2D eigenvalue weighted by atomic mass is 16.3. The molecule has 1 amide bonds. The number of carbonyl (C=O) groups excluding carboxylic acids is 1. The Bertz CT molecular complexity index is 609. The van der Waals surface area contributed by atoms with Crippen molar-refractivity contribution in [2.45, 2.75) is 19.4 Å². The summed E-state index contributed by atoms with van der Waals surface area (Å²) < 4.78 is 0. The van der Waals surface area contributed by atoms with Crippen LogP contribution >= 0.6 is 0 Å². The van der Waals surface area contributed by atoms with E-state index in [0.717, 1.165) is 11.3 Å². The zero-order valence-corrected chi connectivity index (χ0v) is 11.9. The highest BCUT2D eigenvalue weighted by Gasteiger charge is 2.16. The lowest BCUT2D eigenvalue weighted by atomic mass is 10.1. The average molecular weight is 282 g/mol. The van der Waals surface area contributed by atoms with Gasteiger partial charge in [-0.15, -0.1) is 0 Å². The van der Waals surface area contributed by atoms with Crippen molar-refractivity contribution in [3.05, 3.63) is 71.8 Å². The largest absolute Gasteiger partial charge is 0.378 e. The van der Waals surface area contributed by atoms with Crippen molar-refractivity contribution in [2.75, 3.05) is 0 Å². The van der Waals surface area contributed by atoms with E-state index in [4.69, 9.17) is 0 Å². The van der Waals surface area contributed by atoms with Crippen LogP contribution < -0.4 is 5.43 Å². The van der Waals surface area contributed by atoms with Crippen molar-refractivity contribution in [2.24, 2.45) is 5.10 Å². The van der Waals surface area contributed by atoms with Crippen LogP contribution in [0.15, 0.2) is 65.8 Å². The number of rotatable bonds is 5. The highest BCUT2D eigenvalue weighted by Crippen LogP contribution is 2.12. The molecule has 0 aromatic heterocycles. The number of hydrogen-bond acceptors (Lipinski definition) is 3. The van der Waals surface area contributed by atoms with Crippen molar-refractivity contribution in [1.29, 1.82) is 0 Å². The van der Waals surface area contributed by atoms with Crippen LogP contribution in [0.3, 0.4) is 0 Å². The van der Waals surface area contributed by atoms with Gasteiger partial charge in [0.25, 0.3) is 5.91 Å². The Kier molecular flexibility index (Phi) is 5.23. The molecule has 0 fully saturated rings. The minimum absolute atomic E-state index is 0.539. The second-order valence-electron chi connectivity index (χ2n) is 4.57. The van der Waals surface area contributed by atoms with Crippen molar-refractivity contribution >= 4 is 11.6 Å². The normalized spacial score (nSPS) is 12.8. The fraction of sp³-hybridized carbons (Fsp3) is 0.176. The lowest BCUT2D eigenvalue weighted by Crippen LogP contribution is -2.26. The van der Waals surface area contributed by atoms with Gasteiger partial charge in [0.1, 0.15) is 0 Å². The second kappa shape index (κ2) is 7.36. The highest BCUT2D eigenvalue weighted by molar-refractivity contribution is 6.01. The van der Waals surface area contributed by atoms with E-state index in [2.05, 4.69) is 10.5 Å². The van der Waals surface area contributed by atoms with Crippen LogP contribution in [-0.2, 0) is 4.79 Å². The number of amides is 1. The van der Waals surface area contributed by atoms with Gasteiger partial charge in [-0.05, 0) is 17.5 Å². The predicted octanol–water partition coefficient (Wildman–Crippen LogP) is 2.65. The Labute approximate surface area is 124 Å². The fourth-order valence-electron chi connectivity index (χ4n) is 1.95. The van der Waals surface area contributed by atoms with Crippen LogP contribution in [0.25, 0.3) is 0 Å². The van der Waals surface area contributed by atoms with E-state index < -0.39 is 12.0 Å². The third-order valence-corrected chi connectivity index (χ3v) is 3.11. The Morgan fingerprint density at radius 2 is 1.67 bits per heavy atom. The number of hydrogen-bond donors (Lipinski definition) is 2. The van der Waals surface area contributed by atoms with Crippen LogP contribution in [0.2, 0.25) is 0 Å². The van der Waals surface area contributed by atoms with Crippen molar-refractivity contribution in [1.82, 2.24) is 5.43 Å². The molecule has 4 heteroatoms. The summed E-state index contributed by atoms with van der Waals surface area (Å²) in [7, 11) is 0. The molecule has 2 N–H and O–H groups in total. The molecule has 1 unspecified atom stereocenters. The van der Waals surface area contributed by atoms with Gasteiger partial charge in [-0.25, -0.2) is 5.43 Å². The molecule has 0 saturated carbocycles. The molecule has 2 aromatic rings. The van der Waals surface area contributed by atoms with Gasteiger partial charge in [-0.3, -0.25) is 4.79 Å². The monoisotopic (exact) mass is 282 g/mol. The summed E-state index contributed by atoms with van der Waals surface area (Å²) in [6, 6.07) is 18.4. The summed E-state index contributed by atoms with van der Waals surface area (Å²) in [4.78, 5) is 11.9. The summed E-state index contributed by atoms with van der Waals surface area (Å²) >= 11 is 0. The molecular formula is C17H18N2O2. The molecule has 2 aromatic carbocycles. The number of hydrazone groups is 1. The lowest BCUT2D eigenvalue weighted by Gasteiger charge is -2.10. The first-order valence-electron chi connectivity index (χ1n) is 6.87. The third kappa shape index (κ3) is 4.00. The van der Waals surface area contributed by atoms with Gasteiger partial charge in [0.2, 0.25) is 0 Å². The van der Waals surface area contributed by atoms with Gasteiger partial charge < -0.3 is 5.11 Å². The number of carbonyl (C=O) groups is 1. The second-order valence-corrected chi connectivity index (χ2v) is 4.57. The van der Waals surface area contributed by atoms with Gasteiger partial charge in [0, 0.05) is 0 Å². The molecule has 21 heavy (non-hydrogen) atoms. The predicted molar refractivity (Wildman–Crippen MR) is 82.8 cm³/mol. The number of nitrogens with zero attached hydrogens (tertiary/aromatic N) is 1. The van der Waals surface area contributed by atoms with Gasteiger partial charge in [0.05, 0.1) is 5.71 Å². The van der Waals surface area contributed by atoms with Gasteiger partial charge in [0.15, 0.2) is 6.10 Å². The summed E-state index contributed by atoms with van der Waals surface area (Å²) in [5.41, 5.74) is 4.69. The maximum absolute atomic E-state index is 11.9. The van der Waals surface area contributed by atoms with Crippen LogP contribution in [-0.4, -0.2) is 16.7 Å². The Morgan fingerprint density at radius 1 is 1.10 bits per heavy atom. The molecule has 108 valence electrons. The van der Waals surface area contributed by atoms with E-state index in [-0.39, 0.29) is 0 Å². The molecular weight excluding hydrogens is 264 g/mol. The molecule has 0 aliphatic heterocycles. The van der Waals surface area contributed by atoms with Crippen LogP contribution in [0.1, 0.15) is 30.6 Å². The first kappa shape index (κ1) is 14.9. The number of benzene rings is 2. The standard InChI is InChI=1S/C17H18N2O2/c1-2-15(13-9-5-3-6-10-13)18-19-17(21)16(20)14-11-7-4-8-12-14/h3-12,16,20H,2H2,1H3,(H,19,21)/b18-15+. The van der Waals surface area contributed by atoms with E-state index in [1.807, 2.05) is 43.3 Å². The molecule has 0 heterocycles. The summed E-state index contributed by atoms with van der Waals surface area (Å²) in [5.74, 6) is -0.539. The van der Waals surface area contributed by atoms with Crippen molar-refractivity contribution < 1.29 is 9.90 Å². The minimum Gasteiger partial charge on any atom is -0.378 e. The third-order valence-electron chi connectivity index (χ3n) is 3.11. The molecule has 0 saturated heterocycles. The average Bonchev–Trinajstić information content (AvgIpc) is 2.56. The van der Waals surface area contributed by atoms with Crippen LogP contribution in [0.4, 0.5) is 0 Å². The molecule has 0 radical (unpaired) electrons. The maximum Gasteiger partial charge on any atom is 0.273 e. The zero-order chi connectivity index (χ0) is 15.1. The molecule has 2 rings (SSSR count). The van der Waals surface area contributed by atoms with E-state index in [0.29, 0.717) is 12.0 Å². The molecule has 0 aliphatic carbocycles. The summed E-state index contributed by atoms with van der Waals surface area (Å²) in [6.45, 7) is 1.96. The van der Waals surface area contributed by atoms with Crippen molar-refractivity contribution in [3.63, 3.8) is 0 Å². The molecule has 0 bridgehead atoms. The zero-order valence-electron chi connectivity index (χ0n) is 11.9. The Balaban J connectivity index is 2.07. The minimum atomic E-state index is -1.22. The molecule has 1 atom stereocenters. The number of nitrogens with one attached hydrogen (secondary N) is 1. The number of aliphatic hydroxyl groups is 1. The van der Waals surface area contributed by atoms with Crippen LogP contribution in [0, 0.1) is 0 Å².